The van der Waals surface area contributed by atoms with Crippen molar-refractivity contribution in [1.82, 2.24) is 14.9 Å². The molecule has 0 radical (unpaired) electrons. The lowest BCUT2D eigenvalue weighted by atomic mass is 10.2. The molecule has 1 amide bonds. The molecule has 2 aromatic rings. The minimum atomic E-state index is -0.702. The zero-order chi connectivity index (χ0) is 14.7. The van der Waals surface area contributed by atoms with E-state index in [1.807, 2.05) is 0 Å². The van der Waals surface area contributed by atoms with Crippen molar-refractivity contribution in [3.63, 3.8) is 0 Å². The Morgan fingerprint density at radius 1 is 1.40 bits per heavy atom. The molecule has 7 heteroatoms. The Kier molecular flexibility index (Phi) is 3.79. The maximum atomic E-state index is 12.7. The quantitative estimate of drug-likeness (QED) is 0.858. The molecule has 6 nitrogen and oxygen atoms in total. The normalized spacial score (nSPS) is 10.3. The van der Waals surface area contributed by atoms with Crippen molar-refractivity contribution in [2.45, 2.75) is 6.54 Å². The van der Waals surface area contributed by atoms with E-state index < -0.39 is 17.2 Å². The van der Waals surface area contributed by atoms with Crippen LogP contribution in [0.5, 0.6) is 5.75 Å². The van der Waals surface area contributed by atoms with Crippen LogP contribution in [0.25, 0.3) is 0 Å². The Morgan fingerprint density at radius 3 is 2.70 bits per heavy atom. The van der Waals surface area contributed by atoms with Crippen molar-refractivity contribution in [3.8, 4) is 5.75 Å². The highest BCUT2D eigenvalue weighted by Gasteiger charge is 2.13. The fraction of sp³-hybridized carbons (Fsp3) is 0.154. The fourth-order valence-corrected chi connectivity index (χ4v) is 1.61. The molecule has 104 valence electrons. The van der Waals surface area contributed by atoms with E-state index in [9.17, 15) is 19.1 Å². The first-order chi connectivity index (χ1) is 9.49. The van der Waals surface area contributed by atoms with Gasteiger partial charge in [0.2, 0.25) is 5.82 Å². The summed E-state index contributed by atoms with van der Waals surface area (Å²) in [4.78, 5) is 27.0. The highest BCUT2D eigenvalue weighted by molar-refractivity contribution is 5.90. The van der Waals surface area contributed by atoms with Gasteiger partial charge in [0.15, 0.2) is 5.75 Å². The number of benzene rings is 1. The van der Waals surface area contributed by atoms with E-state index >= 15 is 0 Å². The number of aromatic hydroxyl groups is 1. The predicted octanol–water partition coefficient (Wildman–Crippen LogP) is 0.555. The summed E-state index contributed by atoms with van der Waals surface area (Å²) < 4.78 is 13.7. The third-order valence-corrected chi connectivity index (χ3v) is 2.72. The van der Waals surface area contributed by atoms with Crippen molar-refractivity contribution in [3.05, 3.63) is 58.0 Å². The van der Waals surface area contributed by atoms with Crippen LogP contribution in [-0.4, -0.2) is 20.6 Å². The molecule has 1 aromatic heterocycles. The number of nitrogens with zero attached hydrogens (tertiary/aromatic N) is 2. The first-order valence-electron chi connectivity index (χ1n) is 5.76. The highest BCUT2D eigenvalue weighted by Crippen LogP contribution is 2.03. The number of rotatable bonds is 3. The molecule has 2 N–H and O–H groups in total. The van der Waals surface area contributed by atoms with Crippen LogP contribution >= 0.6 is 0 Å². The van der Waals surface area contributed by atoms with Crippen LogP contribution in [0.15, 0.2) is 35.3 Å². The lowest BCUT2D eigenvalue weighted by Gasteiger charge is -2.08. The first-order valence-corrected chi connectivity index (χ1v) is 5.76. The summed E-state index contributed by atoms with van der Waals surface area (Å²) in [6.07, 6.45) is 0.926. The lowest BCUT2D eigenvalue weighted by molar-refractivity contribution is 0.0935. The molecule has 0 saturated heterocycles. The zero-order valence-electron chi connectivity index (χ0n) is 10.6. The molecular weight excluding hydrogens is 265 g/mol. The molecule has 1 heterocycles. The molecule has 0 unspecified atom stereocenters. The van der Waals surface area contributed by atoms with Crippen LogP contribution in [-0.2, 0) is 13.6 Å². The topological polar surface area (TPSA) is 84.2 Å². The van der Waals surface area contributed by atoms with Gasteiger partial charge in [-0.25, -0.2) is 9.37 Å². The van der Waals surface area contributed by atoms with Crippen LogP contribution in [0, 0.1) is 5.82 Å². The number of nitrogens with one attached hydrogen (secondary N) is 1. The molecule has 0 aliphatic heterocycles. The molecular formula is C13H12FN3O3. The number of hydrogen-bond donors (Lipinski definition) is 2. The Labute approximate surface area is 113 Å². The summed E-state index contributed by atoms with van der Waals surface area (Å²) in [6, 6.07) is 5.66. The van der Waals surface area contributed by atoms with Gasteiger partial charge in [0.1, 0.15) is 5.82 Å². The summed E-state index contributed by atoms with van der Waals surface area (Å²) in [5.74, 6) is -1.56. The van der Waals surface area contributed by atoms with E-state index in [4.69, 9.17) is 0 Å². The summed E-state index contributed by atoms with van der Waals surface area (Å²) >= 11 is 0. The van der Waals surface area contributed by atoms with Gasteiger partial charge in [0, 0.05) is 13.6 Å². The average molecular weight is 277 g/mol. The van der Waals surface area contributed by atoms with E-state index in [1.54, 1.807) is 12.1 Å². The van der Waals surface area contributed by atoms with E-state index in [1.165, 1.54) is 19.2 Å². The molecule has 0 fully saturated rings. The number of halogens is 1. The largest absolute Gasteiger partial charge is 0.502 e. The Hall–Kier alpha value is -2.70. The van der Waals surface area contributed by atoms with E-state index in [2.05, 4.69) is 10.3 Å². The SMILES string of the molecule is Cn1c(C(=O)NCc2ccc(F)cc2)ncc(O)c1=O. The standard InChI is InChI=1S/C13H12FN3O3/c1-17-11(15-7-10(18)13(17)20)12(19)16-6-8-2-4-9(14)5-3-8/h2-5,7,18H,6H2,1H3,(H,16,19). The van der Waals surface area contributed by atoms with Crippen LogP contribution in [0.2, 0.25) is 0 Å². The second kappa shape index (κ2) is 5.52. The van der Waals surface area contributed by atoms with Crippen LogP contribution in [0.4, 0.5) is 4.39 Å². The van der Waals surface area contributed by atoms with Crippen LogP contribution in [0.1, 0.15) is 16.2 Å². The number of aromatic nitrogens is 2. The van der Waals surface area contributed by atoms with E-state index in [-0.39, 0.29) is 18.2 Å². The Bertz CT molecular complexity index is 695. The minimum Gasteiger partial charge on any atom is -0.502 e. The molecule has 0 atom stereocenters. The molecule has 0 aliphatic rings. The van der Waals surface area contributed by atoms with Gasteiger partial charge in [-0.1, -0.05) is 12.1 Å². The summed E-state index contributed by atoms with van der Waals surface area (Å²) in [5, 5.41) is 11.7. The molecule has 0 saturated carbocycles. The maximum absolute atomic E-state index is 12.7. The number of amides is 1. The van der Waals surface area contributed by atoms with Gasteiger partial charge in [-0.3, -0.25) is 14.2 Å². The minimum absolute atomic E-state index is 0.116. The van der Waals surface area contributed by atoms with Crippen molar-refractivity contribution >= 4 is 5.91 Å². The summed E-state index contributed by atoms with van der Waals surface area (Å²) in [6.45, 7) is 0.176. The van der Waals surface area contributed by atoms with Crippen molar-refractivity contribution in [2.75, 3.05) is 0 Å². The van der Waals surface area contributed by atoms with Gasteiger partial charge in [-0.2, -0.15) is 0 Å². The van der Waals surface area contributed by atoms with Gasteiger partial charge in [0.05, 0.1) is 6.20 Å². The molecule has 20 heavy (non-hydrogen) atoms. The number of hydrogen-bond acceptors (Lipinski definition) is 4. The summed E-state index contributed by atoms with van der Waals surface area (Å²) in [5.41, 5.74) is 0.00969. The second-order valence-corrected chi connectivity index (χ2v) is 4.14. The number of carbonyl (C=O) groups is 1. The van der Waals surface area contributed by atoms with Gasteiger partial charge in [-0.15, -0.1) is 0 Å². The maximum Gasteiger partial charge on any atom is 0.295 e. The fourth-order valence-electron chi connectivity index (χ4n) is 1.61. The van der Waals surface area contributed by atoms with Gasteiger partial charge in [-0.05, 0) is 17.7 Å². The predicted molar refractivity (Wildman–Crippen MR) is 68.7 cm³/mol. The highest BCUT2D eigenvalue weighted by atomic mass is 19.1. The van der Waals surface area contributed by atoms with Crippen LogP contribution in [0.3, 0.4) is 0 Å². The molecule has 1 aromatic carbocycles. The molecule has 0 bridgehead atoms. The Morgan fingerprint density at radius 2 is 2.05 bits per heavy atom. The summed E-state index contributed by atoms with van der Waals surface area (Å²) in [7, 11) is 1.34. The Balaban J connectivity index is 2.11. The smallest absolute Gasteiger partial charge is 0.295 e. The van der Waals surface area contributed by atoms with Gasteiger partial charge < -0.3 is 10.4 Å². The first kappa shape index (κ1) is 13.7. The van der Waals surface area contributed by atoms with E-state index in [0.717, 1.165) is 10.8 Å². The van der Waals surface area contributed by atoms with Crippen molar-refractivity contribution in [1.29, 1.82) is 0 Å². The second-order valence-electron chi connectivity index (χ2n) is 4.14. The van der Waals surface area contributed by atoms with Crippen LogP contribution < -0.4 is 10.9 Å². The molecule has 2 rings (SSSR count). The number of carbonyl (C=O) groups excluding carboxylic acids is 1. The third-order valence-electron chi connectivity index (χ3n) is 2.72. The van der Waals surface area contributed by atoms with Crippen molar-refractivity contribution < 1.29 is 14.3 Å². The average Bonchev–Trinajstić information content (AvgIpc) is 2.44. The van der Waals surface area contributed by atoms with Gasteiger partial charge in [0.25, 0.3) is 11.5 Å². The molecule has 0 spiro atoms. The molecule has 0 aliphatic carbocycles. The zero-order valence-corrected chi connectivity index (χ0v) is 10.6. The van der Waals surface area contributed by atoms with E-state index in [0.29, 0.717) is 5.56 Å². The van der Waals surface area contributed by atoms with Gasteiger partial charge >= 0.3 is 0 Å². The lowest BCUT2D eigenvalue weighted by Crippen LogP contribution is -2.31. The van der Waals surface area contributed by atoms with Crippen molar-refractivity contribution in [2.24, 2.45) is 7.05 Å². The third kappa shape index (κ3) is 2.82. The monoisotopic (exact) mass is 277 g/mol.